The Balaban J connectivity index is 1.51. The number of amides is 1. The molecule has 0 saturated carbocycles. The highest BCUT2D eigenvalue weighted by Crippen LogP contribution is 2.25. The summed E-state index contributed by atoms with van der Waals surface area (Å²) in [5.41, 5.74) is 1.24. The maximum absolute atomic E-state index is 12.5. The number of carbonyl (C=O) groups is 1. The van der Waals surface area contributed by atoms with Crippen molar-refractivity contribution in [2.24, 2.45) is 11.0 Å². The van der Waals surface area contributed by atoms with E-state index in [9.17, 15) is 4.79 Å². The van der Waals surface area contributed by atoms with E-state index in [1.165, 1.54) is 5.56 Å². The van der Waals surface area contributed by atoms with Crippen LogP contribution < -0.4 is 5.32 Å². The Labute approximate surface area is 153 Å². The van der Waals surface area contributed by atoms with Crippen LogP contribution in [-0.4, -0.2) is 60.7 Å². The van der Waals surface area contributed by atoms with Gasteiger partial charge >= 0.3 is 0 Å². The van der Waals surface area contributed by atoms with E-state index in [-0.39, 0.29) is 11.8 Å². The molecule has 1 aromatic carbocycles. The van der Waals surface area contributed by atoms with Crippen molar-refractivity contribution in [3.8, 4) is 0 Å². The van der Waals surface area contributed by atoms with Crippen molar-refractivity contribution in [3.05, 3.63) is 36.0 Å². The molecular weight excluding hydrogens is 326 g/mol. The molecule has 1 N–H and O–H groups in total. The number of likely N-dealkylation sites (tertiary alicyclic amines) is 1. The highest BCUT2D eigenvalue weighted by molar-refractivity contribution is 5.94. The first kappa shape index (κ1) is 17.0. The third-order valence-corrected chi connectivity index (χ3v) is 5.42. The normalized spacial score (nSPS) is 21.5. The predicted molar refractivity (Wildman–Crippen MR) is 104 cm³/mol. The van der Waals surface area contributed by atoms with Crippen molar-refractivity contribution < 1.29 is 4.79 Å². The number of carbonyl (C=O) groups excluding carboxylic acids is 1. The smallest absolute Gasteiger partial charge is 0.228 e. The van der Waals surface area contributed by atoms with Crippen LogP contribution in [-0.2, 0) is 4.79 Å². The molecule has 2 aliphatic heterocycles. The molecule has 1 fully saturated rings. The largest absolute Gasteiger partial charge is 0.310 e. The quantitative estimate of drug-likeness (QED) is 0.923. The number of likely N-dealkylation sites (N-methyl/N-ethyl adjacent to an activating group) is 1. The van der Waals surface area contributed by atoms with Gasteiger partial charge in [-0.25, -0.2) is 4.98 Å². The van der Waals surface area contributed by atoms with Crippen LogP contribution in [0.3, 0.4) is 0 Å². The summed E-state index contributed by atoms with van der Waals surface area (Å²) >= 11 is 0. The van der Waals surface area contributed by atoms with Crippen LogP contribution in [0.4, 0.5) is 5.82 Å². The first-order valence-corrected chi connectivity index (χ1v) is 9.23. The monoisotopic (exact) mass is 351 g/mol. The molecule has 1 unspecified atom stereocenters. The zero-order valence-corrected chi connectivity index (χ0v) is 15.4. The topological polar surface area (TPSA) is 60.8 Å². The zero-order valence-electron chi connectivity index (χ0n) is 15.4. The molecule has 3 heterocycles. The molecule has 1 saturated heterocycles. The second-order valence-electron chi connectivity index (χ2n) is 7.45. The molecular formula is C20H25N5O. The van der Waals surface area contributed by atoms with Gasteiger partial charge in [0, 0.05) is 43.2 Å². The van der Waals surface area contributed by atoms with Crippen LogP contribution in [0.5, 0.6) is 0 Å². The third-order valence-electron chi connectivity index (χ3n) is 5.42. The van der Waals surface area contributed by atoms with Crippen molar-refractivity contribution in [1.82, 2.24) is 14.9 Å². The fourth-order valence-electron chi connectivity index (χ4n) is 3.72. The van der Waals surface area contributed by atoms with E-state index >= 15 is 0 Å². The second-order valence-corrected chi connectivity index (χ2v) is 7.45. The molecule has 0 bridgehead atoms. The number of nitrogens with zero attached hydrogens (tertiary/aromatic N) is 4. The van der Waals surface area contributed by atoms with Gasteiger partial charge in [-0.1, -0.05) is 18.2 Å². The molecule has 0 radical (unpaired) electrons. The molecule has 2 aliphatic rings. The standard InChI is InChI=1S/C20H25N5O/c1-24-7-5-14(6-8-24)20(26)23-19-10-17-9-15(3-4-16(17)11-21-19)18-12-22-25(2)13-18/h3-4,9-12,14,18H,5-8,13H2,1-2H3,(H,21,23,26). The van der Waals surface area contributed by atoms with Crippen LogP contribution in [0.25, 0.3) is 10.8 Å². The number of benzene rings is 1. The average Bonchev–Trinajstić information content (AvgIpc) is 3.08. The molecule has 1 atom stereocenters. The lowest BCUT2D eigenvalue weighted by atomic mass is 9.96. The minimum Gasteiger partial charge on any atom is -0.310 e. The van der Waals surface area contributed by atoms with Crippen molar-refractivity contribution in [1.29, 1.82) is 0 Å². The summed E-state index contributed by atoms with van der Waals surface area (Å²) in [6, 6.07) is 8.38. The highest BCUT2D eigenvalue weighted by Gasteiger charge is 2.23. The highest BCUT2D eigenvalue weighted by atomic mass is 16.1. The number of hydrazone groups is 1. The third kappa shape index (κ3) is 3.55. The summed E-state index contributed by atoms with van der Waals surface area (Å²) < 4.78 is 0. The van der Waals surface area contributed by atoms with Gasteiger partial charge in [-0.15, -0.1) is 0 Å². The number of aromatic nitrogens is 1. The van der Waals surface area contributed by atoms with Crippen LogP contribution in [0, 0.1) is 5.92 Å². The number of anilines is 1. The second kappa shape index (κ2) is 7.03. The maximum Gasteiger partial charge on any atom is 0.228 e. The molecule has 1 amide bonds. The van der Waals surface area contributed by atoms with Gasteiger partial charge in [-0.2, -0.15) is 5.10 Å². The molecule has 26 heavy (non-hydrogen) atoms. The van der Waals surface area contributed by atoms with Gasteiger partial charge in [-0.3, -0.25) is 9.80 Å². The summed E-state index contributed by atoms with van der Waals surface area (Å²) in [7, 11) is 4.08. The number of rotatable bonds is 3. The van der Waals surface area contributed by atoms with Gasteiger partial charge in [0.2, 0.25) is 5.91 Å². The molecule has 6 nitrogen and oxygen atoms in total. The maximum atomic E-state index is 12.5. The summed E-state index contributed by atoms with van der Waals surface area (Å²) in [4.78, 5) is 19.2. The van der Waals surface area contributed by atoms with E-state index < -0.39 is 0 Å². The Morgan fingerprint density at radius 2 is 1.96 bits per heavy atom. The first-order valence-electron chi connectivity index (χ1n) is 9.23. The number of hydrogen-bond acceptors (Lipinski definition) is 5. The van der Waals surface area contributed by atoms with E-state index in [2.05, 4.69) is 45.5 Å². The van der Waals surface area contributed by atoms with Gasteiger partial charge in [0.15, 0.2) is 0 Å². The lowest BCUT2D eigenvalue weighted by molar-refractivity contribution is -0.121. The number of pyridine rings is 1. The van der Waals surface area contributed by atoms with Gasteiger partial charge in [0.25, 0.3) is 0 Å². The number of nitrogens with one attached hydrogen (secondary N) is 1. The van der Waals surface area contributed by atoms with Crippen LogP contribution in [0.1, 0.15) is 24.3 Å². The average molecular weight is 351 g/mol. The lowest BCUT2D eigenvalue weighted by Gasteiger charge is -2.27. The van der Waals surface area contributed by atoms with Gasteiger partial charge < -0.3 is 10.2 Å². The van der Waals surface area contributed by atoms with Crippen LogP contribution in [0.2, 0.25) is 0 Å². The minimum absolute atomic E-state index is 0.0836. The SMILES string of the molecule is CN1CCC(C(=O)Nc2cc3cc(C4C=NN(C)C4)ccc3cn2)CC1. The fraction of sp³-hybridized carbons (Fsp3) is 0.450. The molecule has 2 aromatic rings. The predicted octanol–water partition coefficient (Wildman–Crippen LogP) is 2.53. The van der Waals surface area contributed by atoms with Crippen molar-refractivity contribution in [2.45, 2.75) is 18.8 Å². The molecule has 0 aliphatic carbocycles. The Bertz CT molecular complexity index is 841. The molecule has 1 aromatic heterocycles. The van der Waals surface area contributed by atoms with Crippen LogP contribution >= 0.6 is 0 Å². The minimum atomic E-state index is 0.0836. The van der Waals surface area contributed by atoms with E-state index in [1.807, 2.05) is 30.5 Å². The van der Waals surface area contributed by atoms with Gasteiger partial charge in [0.1, 0.15) is 5.82 Å². The number of piperidine rings is 1. The van der Waals surface area contributed by atoms with E-state index in [0.29, 0.717) is 11.7 Å². The van der Waals surface area contributed by atoms with Gasteiger partial charge in [-0.05, 0) is 50.0 Å². The summed E-state index contributed by atoms with van der Waals surface area (Å²) in [5.74, 6) is 1.12. The number of fused-ring (bicyclic) bond motifs is 1. The van der Waals surface area contributed by atoms with Crippen molar-refractivity contribution >= 4 is 28.7 Å². The summed E-state index contributed by atoms with van der Waals surface area (Å²) in [5, 5.41) is 11.5. The number of hydrogen-bond donors (Lipinski definition) is 1. The molecule has 136 valence electrons. The molecule has 4 rings (SSSR count). The lowest BCUT2D eigenvalue weighted by Crippen LogP contribution is -2.36. The molecule has 0 spiro atoms. The molecule has 6 heteroatoms. The first-order chi connectivity index (χ1) is 12.6. The van der Waals surface area contributed by atoms with Crippen LogP contribution in [0.15, 0.2) is 35.6 Å². The fourth-order valence-corrected chi connectivity index (χ4v) is 3.72. The van der Waals surface area contributed by atoms with E-state index in [0.717, 1.165) is 43.2 Å². The Morgan fingerprint density at radius 1 is 1.15 bits per heavy atom. The van der Waals surface area contributed by atoms with Gasteiger partial charge in [0.05, 0.1) is 0 Å². The Morgan fingerprint density at radius 3 is 2.69 bits per heavy atom. The Kier molecular flexibility index (Phi) is 4.59. The Hall–Kier alpha value is -2.47. The van der Waals surface area contributed by atoms with E-state index in [1.54, 1.807) is 0 Å². The summed E-state index contributed by atoms with van der Waals surface area (Å²) in [6.45, 7) is 2.85. The van der Waals surface area contributed by atoms with Crippen molar-refractivity contribution in [3.63, 3.8) is 0 Å². The van der Waals surface area contributed by atoms with Crippen molar-refractivity contribution in [2.75, 3.05) is 39.0 Å². The van der Waals surface area contributed by atoms with E-state index in [4.69, 9.17) is 0 Å². The zero-order chi connectivity index (χ0) is 18.1. The summed E-state index contributed by atoms with van der Waals surface area (Å²) in [6.07, 6.45) is 5.65.